The molecule has 0 bridgehead atoms. The summed E-state index contributed by atoms with van der Waals surface area (Å²) >= 11 is 0. The lowest BCUT2D eigenvalue weighted by Crippen LogP contribution is -2.51. The van der Waals surface area contributed by atoms with Gasteiger partial charge < -0.3 is 4.90 Å². The van der Waals surface area contributed by atoms with Gasteiger partial charge in [0.2, 0.25) is 10.0 Å². The number of aromatic nitrogens is 1. The Labute approximate surface area is 162 Å². The second kappa shape index (κ2) is 8.46. The summed E-state index contributed by atoms with van der Waals surface area (Å²) in [5.41, 5.74) is 0. The first-order chi connectivity index (χ1) is 13.3. The molecule has 1 fully saturated rings. The van der Waals surface area contributed by atoms with Gasteiger partial charge >= 0.3 is 0 Å². The van der Waals surface area contributed by atoms with Gasteiger partial charge in [0.1, 0.15) is 16.5 Å². The van der Waals surface area contributed by atoms with E-state index >= 15 is 0 Å². The maximum Gasteiger partial charge on any atom is 0.243 e. The third-order valence-electron chi connectivity index (χ3n) is 4.50. The zero-order chi connectivity index (χ0) is 20.3. The fraction of sp³-hybridized carbons (Fsp3) is 0.389. The van der Waals surface area contributed by atoms with Crippen LogP contribution < -0.4 is 9.62 Å². The normalized spacial score (nSPS) is 16.9. The number of benzene rings is 1. The monoisotopic (exact) mass is 414 g/mol. The van der Waals surface area contributed by atoms with E-state index in [0.29, 0.717) is 25.7 Å². The molecule has 1 saturated heterocycles. The van der Waals surface area contributed by atoms with Gasteiger partial charge in [-0.25, -0.2) is 31.3 Å². The number of halogens is 3. The third-order valence-corrected chi connectivity index (χ3v) is 6.10. The summed E-state index contributed by atoms with van der Waals surface area (Å²) in [6.45, 7) is 4.95. The summed E-state index contributed by atoms with van der Waals surface area (Å²) in [6, 6.07) is 5.74. The molecular formula is C18H21F3N4O2S. The van der Waals surface area contributed by atoms with Crippen molar-refractivity contribution in [3.05, 3.63) is 54.0 Å². The van der Waals surface area contributed by atoms with E-state index in [4.69, 9.17) is 0 Å². The third kappa shape index (κ3) is 4.81. The molecule has 152 valence electrons. The summed E-state index contributed by atoms with van der Waals surface area (Å²) in [6.07, 6.45) is 1.73. The van der Waals surface area contributed by atoms with Crippen LogP contribution in [0.4, 0.5) is 19.0 Å². The maximum atomic E-state index is 13.8. The van der Waals surface area contributed by atoms with Gasteiger partial charge in [0, 0.05) is 51.0 Å². The highest BCUT2D eigenvalue weighted by Crippen LogP contribution is 2.19. The van der Waals surface area contributed by atoms with Crippen molar-refractivity contribution in [1.29, 1.82) is 0 Å². The molecule has 2 aromatic rings. The van der Waals surface area contributed by atoms with Crippen molar-refractivity contribution in [2.45, 2.75) is 17.9 Å². The van der Waals surface area contributed by atoms with E-state index in [1.54, 1.807) is 13.1 Å². The number of pyridine rings is 1. The molecule has 1 aromatic carbocycles. The second-order valence-electron chi connectivity index (χ2n) is 6.69. The molecular weight excluding hydrogens is 393 g/mol. The van der Waals surface area contributed by atoms with Gasteiger partial charge in [0.05, 0.1) is 0 Å². The van der Waals surface area contributed by atoms with Crippen LogP contribution in [-0.2, 0) is 10.0 Å². The van der Waals surface area contributed by atoms with Crippen molar-refractivity contribution >= 4 is 15.8 Å². The topological polar surface area (TPSA) is 65.5 Å². The maximum absolute atomic E-state index is 13.8. The molecule has 0 spiro atoms. The molecule has 1 unspecified atom stereocenters. The molecule has 0 amide bonds. The number of nitrogens with zero attached hydrogens (tertiary/aromatic N) is 3. The van der Waals surface area contributed by atoms with E-state index in [1.165, 1.54) is 0 Å². The van der Waals surface area contributed by atoms with Crippen molar-refractivity contribution in [1.82, 2.24) is 14.6 Å². The fourth-order valence-electron chi connectivity index (χ4n) is 3.16. The molecule has 28 heavy (non-hydrogen) atoms. The molecule has 1 atom stereocenters. The highest BCUT2D eigenvalue weighted by atomic mass is 32.2. The molecule has 0 saturated carbocycles. The number of piperazine rings is 1. The van der Waals surface area contributed by atoms with Crippen LogP contribution in [0.3, 0.4) is 0 Å². The average molecular weight is 414 g/mol. The second-order valence-corrected chi connectivity index (χ2v) is 8.38. The minimum absolute atomic E-state index is 0.228. The highest BCUT2D eigenvalue weighted by molar-refractivity contribution is 7.89. The zero-order valence-electron chi connectivity index (χ0n) is 15.3. The van der Waals surface area contributed by atoms with E-state index in [2.05, 4.69) is 19.5 Å². The number of hydrogen-bond acceptors (Lipinski definition) is 5. The molecule has 1 aromatic heterocycles. The standard InChI is InChI=1S/C18H21F3N4O2S/c1-13(23-28(26,27)17-11-15(20)14(19)10-16(17)21)12-24-6-8-25(9-7-24)18-4-2-3-5-22-18/h2-5,10-11,13,23H,6-9,12H2,1H3. The number of rotatable bonds is 6. The van der Waals surface area contributed by atoms with Crippen molar-refractivity contribution < 1.29 is 21.6 Å². The van der Waals surface area contributed by atoms with Crippen LogP contribution in [0.25, 0.3) is 0 Å². The first-order valence-corrected chi connectivity index (χ1v) is 10.3. The Bertz CT molecular complexity index is 920. The largest absolute Gasteiger partial charge is 0.354 e. The average Bonchev–Trinajstić information content (AvgIpc) is 2.65. The van der Waals surface area contributed by atoms with E-state index in [0.717, 1.165) is 18.9 Å². The van der Waals surface area contributed by atoms with Crippen LogP contribution in [0.1, 0.15) is 6.92 Å². The Balaban J connectivity index is 1.57. The first kappa shape index (κ1) is 20.6. The number of sulfonamides is 1. The summed E-state index contributed by atoms with van der Waals surface area (Å²) in [4.78, 5) is 7.63. The van der Waals surface area contributed by atoms with Gasteiger partial charge in [0.25, 0.3) is 0 Å². The zero-order valence-corrected chi connectivity index (χ0v) is 16.1. The smallest absolute Gasteiger partial charge is 0.243 e. The van der Waals surface area contributed by atoms with Gasteiger partial charge in [-0.05, 0) is 25.1 Å². The lowest BCUT2D eigenvalue weighted by Gasteiger charge is -2.36. The van der Waals surface area contributed by atoms with Crippen molar-refractivity contribution in [3.8, 4) is 0 Å². The van der Waals surface area contributed by atoms with E-state index in [9.17, 15) is 21.6 Å². The summed E-state index contributed by atoms with van der Waals surface area (Å²) in [7, 11) is -4.31. The van der Waals surface area contributed by atoms with Crippen LogP contribution in [-0.4, -0.2) is 57.1 Å². The number of hydrogen-bond donors (Lipinski definition) is 1. The van der Waals surface area contributed by atoms with Crippen molar-refractivity contribution in [2.75, 3.05) is 37.6 Å². The van der Waals surface area contributed by atoms with Crippen LogP contribution in [0, 0.1) is 17.5 Å². The Kier molecular flexibility index (Phi) is 6.21. The number of anilines is 1. The lowest BCUT2D eigenvalue weighted by atomic mass is 10.2. The van der Waals surface area contributed by atoms with E-state index < -0.39 is 38.4 Å². The van der Waals surface area contributed by atoms with Crippen molar-refractivity contribution in [3.63, 3.8) is 0 Å². The van der Waals surface area contributed by atoms with Gasteiger partial charge in [-0.2, -0.15) is 0 Å². The predicted octanol–water partition coefficient (Wildman–Crippen LogP) is 1.99. The summed E-state index contributed by atoms with van der Waals surface area (Å²) < 4.78 is 67.1. The minimum atomic E-state index is -4.31. The van der Waals surface area contributed by atoms with Crippen LogP contribution >= 0.6 is 0 Å². The quantitative estimate of drug-likeness (QED) is 0.733. The first-order valence-electron chi connectivity index (χ1n) is 8.81. The molecule has 1 aliphatic rings. The summed E-state index contributed by atoms with van der Waals surface area (Å²) in [5.74, 6) is -3.29. The molecule has 0 aliphatic carbocycles. The molecule has 6 nitrogen and oxygen atoms in total. The Hall–Kier alpha value is -2.17. The molecule has 2 heterocycles. The molecule has 0 radical (unpaired) electrons. The van der Waals surface area contributed by atoms with Crippen LogP contribution in [0.2, 0.25) is 0 Å². The minimum Gasteiger partial charge on any atom is -0.354 e. The van der Waals surface area contributed by atoms with Gasteiger partial charge in [-0.15, -0.1) is 0 Å². The van der Waals surface area contributed by atoms with Crippen LogP contribution in [0.15, 0.2) is 41.4 Å². The molecule has 3 rings (SSSR count). The van der Waals surface area contributed by atoms with E-state index in [1.807, 2.05) is 18.2 Å². The highest BCUT2D eigenvalue weighted by Gasteiger charge is 2.26. The fourth-order valence-corrected chi connectivity index (χ4v) is 4.47. The van der Waals surface area contributed by atoms with E-state index in [-0.39, 0.29) is 6.07 Å². The number of nitrogens with one attached hydrogen (secondary N) is 1. The van der Waals surface area contributed by atoms with Gasteiger partial charge in [-0.1, -0.05) is 6.07 Å². The molecule has 10 heteroatoms. The van der Waals surface area contributed by atoms with Crippen molar-refractivity contribution in [2.24, 2.45) is 0 Å². The lowest BCUT2D eigenvalue weighted by molar-refractivity contribution is 0.241. The Morgan fingerprint density at radius 2 is 1.75 bits per heavy atom. The van der Waals surface area contributed by atoms with Gasteiger partial charge in [-0.3, -0.25) is 4.90 Å². The van der Waals surface area contributed by atoms with Crippen LogP contribution in [0.5, 0.6) is 0 Å². The summed E-state index contributed by atoms with van der Waals surface area (Å²) in [5, 5.41) is 0. The van der Waals surface area contributed by atoms with Gasteiger partial charge in [0.15, 0.2) is 11.6 Å². The molecule has 1 aliphatic heterocycles. The molecule has 1 N–H and O–H groups in total. The predicted molar refractivity (Wildman–Crippen MR) is 99.0 cm³/mol. The Morgan fingerprint density at radius 3 is 2.39 bits per heavy atom. The SMILES string of the molecule is CC(CN1CCN(c2ccccn2)CC1)NS(=O)(=O)c1cc(F)c(F)cc1F. The Morgan fingerprint density at radius 1 is 1.07 bits per heavy atom.